The van der Waals surface area contributed by atoms with Gasteiger partial charge in [0.15, 0.2) is 0 Å². The van der Waals surface area contributed by atoms with Crippen LogP contribution in [0.3, 0.4) is 0 Å². The summed E-state index contributed by atoms with van der Waals surface area (Å²) in [7, 11) is 1.32. The van der Waals surface area contributed by atoms with Crippen LogP contribution >= 0.6 is 0 Å². The SMILES string of the molecule is Cc1cc(F)ccc1-c1cc(N2C(CO)CC[C@@H]2CO)ncc1N(C)C(=O)C(C)(C)c1cc(C(F)(F)F)cc(C(F)(F)F)c1. The Morgan fingerprint density at radius 1 is 0.886 bits per heavy atom. The van der Waals surface area contributed by atoms with Gasteiger partial charge in [-0.3, -0.25) is 4.79 Å². The Balaban J connectivity index is 1.85. The van der Waals surface area contributed by atoms with Crippen LogP contribution in [0.25, 0.3) is 11.1 Å². The minimum atomic E-state index is -5.09. The maximum Gasteiger partial charge on any atom is 0.416 e. The number of aromatic nitrogens is 1. The summed E-state index contributed by atoms with van der Waals surface area (Å²) < 4.78 is 95.6. The van der Waals surface area contributed by atoms with Crippen LogP contribution in [0.15, 0.2) is 48.7 Å². The highest BCUT2D eigenvalue weighted by Crippen LogP contribution is 2.42. The van der Waals surface area contributed by atoms with Gasteiger partial charge in [0.1, 0.15) is 11.6 Å². The van der Waals surface area contributed by atoms with Crippen LogP contribution in [0, 0.1) is 12.7 Å². The second-order valence-corrected chi connectivity index (χ2v) is 11.5. The van der Waals surface area contributed by atoms with Gasteiger partial charge >= 0.3 is 12.4 Å². The van der Waals surface area contributed by atoms with Crippen molar-refractivity contribution in [3.05, 3.63) is 76.7 Å². The van der Waals surface area contributed by atoms with Gasteiger partial charge in [-0.1, -0.05) is 6.07 Å². The molecule has 0 spiro atoms. The molecule has 13 heteroatoms. The molecule has 1 saturated heterocycles. The predicted molar refractivity (Wildman–Crippen MR) is 151 cm³/mol. The Morgan fingerprint density at radius 3 is 1.89 bits per heavy atom. The van der Waals surface area contributed by atoms with Crippen LogP contribution in [0.2, 0.25) is 0 Å². The van der Waals surface area contributed by atoms with Gasteiger partial charge in [0.25, 0.3) is 0 Å². The molecule has 0 radical (unpaired) electrons. The molecule has 1 unspecified atom stereocenters. The number of alkyl halides is 6. The molecule has 1 fully saturated rings. The van der Waals surface area contributed by atoms with Gasteiger partial charge in [-0.25, -0.2) is 9.37 Å². The van der Waals surface area contributed by atoms with Crippen molar-refractivity contribution in [2.24, 2.45) is 0 Å². The van der Waals surface area contributed by atoms with Gasteiger partial charge in [0, 0.05) is 12.6 Å². The Bertz CT molecular complexity index is 1490. The summed E-state index contributed by atoms with van der Waals surface area (Å²) in [5, 5.41) is 19.9. The molecule has 238 valence electrons. The second-order valence-electron chi connectivity index (χ2n) is 11.5. The number of carbonyl (C=O) groups is 1. The van der Waals surface area contributed by atoms with Gasteiger partial charge in [0.2, 0.25) is 5.91 Å². The average molecular weight is 628 g/mol. The Kier molecular flexibility index (Phi) is 9.05. The third kappa shape index (κ3) is 6.39. The molecule has 6 nitrogen and oxygen atoms in total. The minimum Gasteiger partial charge on any atom is -0.394 e. The number of aryl methyl sites for hydroxylation is 1. The van der Waals surface area contributed by atoms with E-state index in [4.69, 9.17) is 0 Å². The number of likely N-dealkylation sites (N-methyl/N-ethyl adjacent to an activating group) is 1. The maximum atomic E-state index is 14.0. The number of nitrogens with zero attached hydrogens (tertiary/aromatic N) is 3. The Labute approximate surface area is 249 Å². The first-order valence-corrected chi connectivity index (χ1v) is 13.7. The lowest BCUT2D eigenvalue weighted by atomic mass is 9.81. The summed E-state index contributed by atoms with van der Waals surface area (Å²) >= 11 is 0. The number of rotatable bonds is 7. The molecule has 1 aliphatic rings. The number of amides is 1. The van der Waals surface area contributed by atoms with Crippen LogP contribution in [-0.2, 0) is 22.6 Å². The van der Waals surface area contributed by atoms with E-state index < -0.39 is 46.2 Å². The van der Waals surface area contributed by atoms with Crippen LogP contribution in [0.4, 0.5) is 42.2 Å². The summed E-state index contributed by atoms with van der Waals surface area (Å²) in [5.41, 5.74) is -3.94. The zero-order chi connectivity index (χ0) is 32.8. The van der Waals surface area contributed by atoms with Crippen molar-refractivity contribution < 1.29 is 45.7 Å². The van der Waals surface area contributed by atoms with Crippen molar-refractivity contribution in [1.29, 1.82) is 0 Å². The van der Waals surface area contributed by atoms with Gasteiger partial charge in [-0.15, -0.1) is 0 Å². The van der Waals surface area contributed by atoms with Crippen molar-refractivity contribution >= 4 is 17.4 Å². The quantitative estimate of drug-likeness (QED) is 0.293. The van der Waals surface area contributed by atoms with Crippen LogP contribution in [0.1, 0.15) is 48.9 Å². The maximum absolute atomic E-state index is 14.0. The lowest BCUT2D eigenvalue weighted by Crippen LogP contribution is -2.42. The molecule has 2 atom stereocenters. The average Bonchev–Trinajstić information content (AvgIpc) is 3.38. The number of anilines is 2. The molecule has 1 aromatic heterocycles. The summed E-state index contributed by atoms with van der Waals surface area (Å²) in [6.07, 6.45) is -7.69. The van der Waals surface area contributed by atoms with Gasteiger partial charge in [-0.05, 0) is 86.7 Å². The molecule has 1 amide bonds. The van der Waals surface area contributed by atoms with Crippen molar-refractivity contribution in [3.8, 4) is 11.1 Å². The summed E-state index contributed by atoms with van der Waals surface area (Å²) in [6, 6.07) is 5.94. The van der Waals surface area contributed by atoms with E-state index in [2.05, 4.69) is 4.98 Å². The molecular formula is C31H32F7N3O3. The Hall–Kier alpha value is -3.71. The highest BCUT2D eigenvalue weighted by molar-refractivity contribution is 6.03. The molecule has 1 aliphatic heterocycles. The number of halogens is 7. The molecule has 3 aromatic rings. The molecule has 44 heavy (non-hydrogen) atoms. The molecule has 2 N–H and O–H groups in total. The first-order chi connectivity index (χ1) is 20.4. The van der Waals surface area contributed by atoms with E-state index in [9.17, 15) is 45.7 Å². The zero-order valence-corrected chi connectivity index (χ0v) is 24.4. The fourth-order valence-electron chi connectivity index (χ4n) is 5.65. The minimum absolute atomic E-state index is 0.00345. The number of pyridine rings is 1. The topological polar surface area (TPSA) is 76.9 Å². The predicted octanol–water partition coefficient (Wildman–Crippen LogP) is 6.50. The van der Waals surface area contributed by atoms with Gasteiger partial charge in [0.05, 0.1) is 53.7 Å². The molecular weight excluding hydrogens is 595 g/mol. The summed E-state index contributed by atoms with van der Waals surface area (Å²) in [4.78, 5) is 21.3. The summed E-state index contributed by atoms with van der Waals surface area (Å²) in [5.74, 6) is -0.989. The van der Waals surface area contributed by atoms with Crippen molar-refractivity contribution in [2.75, 3.05) is 30.1 Å². The van der Waals surface area contributed by atoms with Crippen molar-refractivity contribution in [2.45, 2.75) is 63.5 Å². The smallest absolute Gasteiger partial charge is 0.394 e. The van der Waals surface area contributed by atoms with Crippen molar-refractivity contribution in [3.63, 3.8) is 0 Å². The first kappa shape index (κ1) is 33.2. The lowest BCUT2D eigenvalue weighted by molar-refractivity contribution is -0.143. The fourth-order valence-corrected chi connectivity index (χ4v) is 5.65. The molecule has 0 saturated carbocycles. The van der Waals surface area contributed by atoms with Crippen molar-refractivity contribution in [1.82, 2.24) is 4.98 Å². The number of hydrogen-bond acceptors (Lipinski definition) is 5. The van der Waals surface area contributed by atoms with E-state index in [-0.39, 0.29) is 37.1 Å². The van der Waals surface area contributed by atoms with Crippen LogP contribution < -0.4 is 9.80 Å². The molecule has 2 aromatic carbocycles. The van der Waals surface area contributed by atoms with E-state index >= 15 is 0 Å². The van der Waals surface area contributed by atoms with E-state index in [0.717, 1.165) is 4.90 Å². The molecule has 0 aliphatic carbocycles. The lowest BCUT2D eigenvalue weighted by Gasteiger charge is -2.33. The normalized spacial score (nSPS) is 17.7. The third-order valence-electron chi connectivity index (χ3n) is 8.16. The number of aliphatic hydroxyl groups excluding tert-OH is 2. The van der Waals surface area contributed by atoms with E-state index in [1.807, 2.05) is 0 Å². The standard InChI is InChI=1S/C31H32F7N3O3/c1-17-9-21(32)5-8-24(17)25-13-27(41-22(15-42)6-7-23(41)16-43)39-14-26(25)40(4)28(44)29(2,3)18-10-19(30(33,34)35)12-20(11-18)31(36,37)38/h5,8-14,22-23,42-43H,6-7,15-16H2,1-4H3/t22-,23?/m1/s1. The number of carbonyl (C=O) groups excluding carboxylic acids is 1. The fraction of sp³-hybridized carbons (Fsp3) is 0.419. The summed E-state index contributed by atoms with van der Waals surface area (Å²) in [6.45, 7) is 3.67. The van der Waals surface area contributed by atoms with E-state index in [0.29, 0.717) is 47.5 Å². The first-order valence-electron chi connectivity index (χ1n) is 13.7. The monoisotopic (exact) mass is 627 g/mol. The molecule has 2 heterocycles. The highest BCUT2D eigenvalue weighted by atomic mass is 19.4. The Morgan fingerprint density at radius 2 is 1.41 bits per heavy atom. The number of hydrogen-bond donors (Lipinski definition) is 2. The van der Waals surface area contributed by atoms with Gasteiger partial charge < -0.3 is 20.0 Å². The second kappa shape index (κ2) is 12.0. The largest absolute Gasteiger partial charge is 0.416 e. The number of benzene rings is 2. The highest BCUT2D eigenvalue weighted by Gasteiger charge is 2.41. The molecule has 0 bridgehead atoms. The zero-order valence-electron chi connectivity index (χ0n) is 24.4. The molecule has 4 rings (SSSR count). The number of aliphatic hydroxyl groups is 2. The van der Waals surface area contributed by atoms with Crippen LogP contribution in [0.5, 0.6) is 0 Å². The van der Waals surface area contributed by atoms with Crippen LogP contribution in [-0.4, -0.2) is 53.4 Å². The van der Waals surface area contributed by atoms with Gasteiger partial charge in [-0.2, -0.15) is 26.3 Å². The third-order valence-corrected chi connectivity index (χ3v) is 8.16. The van der Waals surface area contributed by atoms with E-state index in [1.54, 1.807) is 17.9 Å². The van der Waals surface area contributed by atoms with E-state index in [1.165, 1.54) is 45.3 Å².